The van der Waals surface area contributed by atoms with Crippen LogP contribution in [0.15, 0.2) is 23.3 Å². The Hall–Kier alpha value is -2.61. The highest BCUT2D eigenvalue weighted by Gasteiger charge is 2.30. The van der Waals surface area contributed by atoms with E-state index in [4.69, 9.17) is 31.2 Å². The number of ether oxygens (including phenoxy) is 3. The average Bonchev–Trinajstić information content (AvgIpc) is 2.99. The highest BCUT2D eigenvalue weighted by molar-refractivity contribution is 6.33. The Balaban J connectivity index is 2.26. The zero-order valence-corrected chi connectivity index (χ0v) is 16.2. The number of benzene rings is 1. The van der Waals surface area contributed by atoms with Crippen molar-refractivity contribution < 1.29 is 23.8 Å². The van der Waals surface area contributed by atoms with Crippen LogP contribution in [0.5, 0.6) is 5.75 Å². The number of para-hydroxylation sites is 1. The van der Waals surface area contributed by atoms with Gasteiger partial charge < -0.3 is 14.2 Å². The number of nitrogens with zero attached hydrogens (tertiary/aromatic N) is 2. The second-order valence-corrected chi connectivity index (χ2v) is 6.21. The zero-order valence-electron chi connectivity index (χ0n) is 15.5. The van der Waals surface area contributed by atoms with Gasteiger partial charge in [0.2, 0.25) is 0 Å². The van der Waals surface area contributed by atoms with Crippen molar-refractivity contribution >= 4 is 35.3 Å². The lowest BCUT2D eigenvalue weighted by atomic mass is 9.98. The molecule has 8 nitrogen and oxygen atoms in total. The highest BCUT2D eigenvalue weighted by Crippen LogP contribution is 2.33. The number of hydrogen-bond donors (Lipinski definition) is 1. The molecule has 2 rings (SSSR count). The highest BCUT2D eigenvalue weighted by atomic mass is 35.5. The van der Waals surface area contributed by atoms with Crippen molar-refractivity contribution in [1.29, 1.82) is 5.41 Å². The van der Waals surface area contributed by atoms with E-state index in [-0.39, 0.29) is 42.2 Å². The van der Waals surface area contributed by atoms with Gasteiger partial charge in [-0.3, -0.25) is 15.2 Å². The summed E-state index contributed by atoms with van der Waals surface area (Å²) >= 11 is 6.20. The Kier molecular flexibility index (Phi) is 7.18. The zero-order chi connectivity index (χ0) is 20.0. The third-order valence-electron chi connectivity index (χ3n) is 3.76. The fraction of sp³-hybridized carbons (Fsp3) is 0.444. The van der Waals surface area contributed by atoms with E-state index in [2.05, 4.69) is 5.10 Å². The van der Waals surface area contributed by atoms with Crippen LogP contribution in [0.4, 0.5) is 4.79 Å². The van der Waals surface area contributed by atoms with Gasteiger partial charge in [-0.2, -0.15) is 5.10 Å². The van der Waals surface area contributed by atoms with Crippen LogP contribution in [-0.4, -0.2) is 48.4 Å². The van der Waals surface area contributed by atoms with E-state index in [9.17, 15) is 9.59 Å². The van der Waals surface area contributed by atoms with Gasteiger partial charge >= 0.3 is 12.1 Å². The number of hydrazone groups is 1. The van der Waals surface area contributed by atoms with E-state index >= 15 is 0 Å². The van der Waals surface area contributed by atoms with Crippen LogP contribution in [0, 0.1) is 11.3 Å². The Morgan fingerprint density at radius 2 is 2.00 bits per heavy atom. The second kappa shape index (κ2) is 9.36. The lowest BCUT2D eigenvalue weighted by Gasteiger charge is -2.14. The normalized spacial score (nSPS) is 15.9. The first-order chi connectivity index (χ1) is 12.9. The van der Waals surface area contributed by atoms with Crippen LogP contribution in [0.3, 0.4) is 0 Å². The maximum atomic E-state index is 11.7. The summed E-state index contributed by atoms with van der Waals surface area (Å²) in [6, 6.07) is 5.05. The van der Waals surface area contributed by atoms with E-state index < -0.39 is 12.1 Å². The first kappa shape index (κ1) is 20.7. The topological polar surface area (TPSA) is 101 Å². The van der Waals surface area contributed by atoms with Gasteiger partial charge in [-0.25, -0.2) is 4.79 Å². The van der Waals surface area contributed by atoms with Crippen LogP contribution in [0.25, 0.3) is 0 Å². The predicted molar refractivity (Wildman–Crippen MR) is 100 cm³/mol. The van der Waals surface area contributed by atoms with Crippen molar-refractivity contribution in [1.82, 2.24) is 5.01 Å². The summed E-state index contributed by atoms with van der Waals surface area (Å²) in [5.41, 5.74) is 1.14. The monoisotopic (exact) mass is 395 g/mol. The lowest BCUT2D eigenvalue weighted by Crippen LogP contribution is -2.27. The van der Waals surface area contributed by atoms with Gasteiger partial charge in [0.1, 0.15) is 12.3 Å². The smallest absolute Gasteiger partial charge is 0.466 e. The van der Waals surface area contributed by atoms with Gasteiger partial charge in [-0.1, -0.05) is 24.6 Å². The molecule has 1 aromatic rings. The molecule has 9 heteroatoms. The van der Waals surface area contributed by atoms with Crippen LogP contribution in [-0.2, 0) is 14.3 Å². The molecule has 0 amide bonds. The standard InChI is InChI=1S/C18H22ClN3O5/c1-4-25-15(23)9-14(20)22-10-11(3)16(21-22)12-7-6-8-13(19)17(12)27-18(24)26-5-2/h6-8,11,20H,4-5,9-10H2,1-3H3. The second-order valence-electron chi connectivity index (χ2n) is 5.80. The van der Waals surface area contributed by atoms with Crippen LogP contribution in [0.1, 0.15) is 32.8 Å². The van der Waals surface area contributed by atoms with Gasteiger partial charge in [-0.15, -0.1) is 0 Å². The molecule has 1 atom stereocenters. The molecule has 1 aliphatic heterocycles. The van der Waals surface area contributed by atoms with Crippen molar-refractivity contribution in [2.45, 2.75) is 27.2 Å². The molecule has 1 N–H and O–H groups in total. The van der Waals surface area contributed by atoms with Crippen LogP contribution < -0.4 is 4.74 Å². The third kappa shape index (κ3) is 5.19. The summed E-state index contributed by atoms with van der Waals surface area (Å²) in [5.74, 6) is -0.365. The maximum absolute atomic E-state index is 11.7. The van der Waals surface area contributed by atoms with Crippen LogP contribution in [0.2, 0.25) is 5.02 Å². The molecule has 146 valence electrons. The molecular formula is C18H22ClN3O5. The molecule has 0 spiro atoms. The number of esters is 1. The summed E-state index contributed by atoms with van der Waals surface area (Å²) in [5, 5.41) is 14.2. The molecule has 0 saturated carbocycles. The first-order valence-corrected chi connectivity index (χ1v) is 8.97. The van der Waals surface area contributed by atoms with E-state index in [0.29, 0.717) is 17.8 Å². The summed E-state index contributed by atoms with van der Waals surface area (Å²) in [6.45, 7) is 6.15. The minimum atomic E-state index is -0.856. The largest absolute Gasteiger partial charge is 0.513 e. The molecule has 1 aliphatic rings. The molecule has 0 fully saturated rings. The molecule has 1 heterocycles. The van der Waals surface area contributed by atoms with E-state index in [1.54, 1.807) is 32.0 Å². The number of rotatable bonds is 6. The van der Waals surface area contributed by atoms with Gasteiger partial charge in [0.25, 0.3) is 0 Å². The number of halogens is 1. The summed E-state index contributed by atoms with van der Waals surface area (Å²) in [7, 11) is 0. The van der Waals surface area contributed by atoms with Crippen molar-refractivity contribution in [3.8, 4) is 5.75 Å². The SMILES string of the molecule is CCOC(=O)CC(=N)N1CC(C)C(c2cccc(Cl)c2OC(=O)OCC)=N1. The number of carbonyl (C=O) groups is 2. The summed E-state index contributed by atoms with van der Waals surface area (Å²) in [6.07, 6.45) is -1.02. The molecule has 1 unspecified atom stereocenters. The van der Waals surface area contributed by atoms with Gasteiger partial charge in [0.05, 0.1) is 30.5 Å². The molecule has 27 heavy (non-hydrogen) atoms. The molecule has 0 aromatic heterocycles. The maximum Gasteiger partial charge on any atom is 0.513 e. The molecular weight excluding hydrogens is 374 g/mol. The van der Waals surface area contributed by atoms with Crippen molar-refractivity contribution in [2.24, 2.45) is 11.0 Å². The molecule has 0 bridgehead atoms. The van der Waals surface area contributed by atoms with Crippen molar-refractivity contribution in [2.75, 3.05) is 19.8 Å². The fourth-order valence-electron chi connectivity index (χ4n) is 2.59. The van der Waals surface area contributed by atoms with E-state index in [1.807, 2.05) is 6.92 Å². The van der Waals surface area contributed by atoms with Crippen molar-refractivity contribution in [3.63, 3.8) is 0 Å². The van der Waals surface area contributed by atoms with Gasteiger partial charge in [0.15, 0.2) is 5.75 Å². The summed E-state index contributed by atoms with van der Waals surface area (Å²) in [4.78, 5) is 23.3. The summed E-state index contributed by atoms with van der Waals surface area (Å²) < 4.78 is 14.9. The van der Waals surface area contributed by atoms with Gasteiger partial charge in [0, 0.05) is 11.5 Å². The van der Waals surface area contributed by atoms with Crippen molar-refractivity contribution in [3.05, 3.63) is 28.8 Å². The Bertz CT molecular complexity index is 765. The predicted octanol–water partition coefficient (Wildman–Crippen LogP) is 3.46. The van der Waals surface area contributed by atoms with E-state index in [0.717, 1.165) is 0 Å². The third-order valence-corrected chi connectivity index (χ3v) is 4.06. The fourth-order valence-corrected chi connectivity index (χ4v) is 2.80. The number of hydrogen-bond acceptors (Lipinski definition) is 7. The minimum Gasteiger partial charge on any atom is -0.466 e. The van der Waals surface area contributed by atoms with Crippen LogP contribution >= 0.6 is 11.6 Å². The molecule has 1 aromatic carbocycles. The number of carbonyl (C=O) groups excluding carboxylic acids is 2. The van der Waals surface area contributed by atoms with E-state index in [1.165, 1.54) is 5.01 Å². The molecule has 0 radical (unpaired) electrons. The number of nitrogens with one attached hydrogen (secondary N) is 1. The molecule has 0 aliphatic carbocycles. The Morgan fingerprint density at radius 3 is 2.67 bits per heavy atom. The van der Waals surface area contributed by atoms with Gasteiger partial charge in [-0.05, 0) is 26.0 Å². The Morgan fingerprint density at radius 1 is 1.30 bits per heavy atom. The average molecular weight is 396 g/mol. The first-order valence-electron chi connectivity index (χ1n) is 8.59. The lowest BCUT2D eigenvalue weighted by molar-refractivity contribution is -0.141. The minimum absolute atomic E-state index is 0.0326. The number of amidine groups is 1. The Labute approximate surface area is 162 Å². The quantitative estimate of drug-likeness (QED) is 0.342. The molecule has 0 saturated heterocycles.